The summed E-state index contributed by atoms with van der Waals surface area (Å²) in [4.78, 5) is 26.4. The highest BCUT2D eigenvalue weighted by molar-refractivity contribution is 5.84. The first-order valence-electron chi connectivity index (χ1n) is 9.83. The Balaban J connectivity index is 2.02. The van der Waals surface area contributed by atoms with Gasteiger partial charge in [-0.1, -0.05) is 42.5 Å². The molecule has 32 heavy (non-hydrogen) atoms. The number of rotatable bonds is 5. The molecule has 0 radical (unpaired) electrons. The molecule has 0 spiro atoms. The fourth-order valence-electron chi connectivity index (χ4n) is 4.05. The van der Waals surface area contributed by atoms with Crippen molar-refractivity contribution in [1.82, 2.24) is 10.2 Å². The summed E-state index contributed by atoms with van der Waals surface area (Å²) in [5, 5.41) is 2.44. The van der Waals surface area contributed by atoms with E-state index in [9.17, 15) is 18.4 Å². The van der Waals surface area contributed by atoms with Crippen molar-refractivity contribution >= 4 is 12.0 Å². The first-order valence-corrected chi connectivity index (χ1v) is 9.83. The number of cyclic esters (lactones) is 1. The van der Waals surface area contributed by atoms with Crippen LogP contribution >= 0.6 is 0 Å². The van der Waals surface area contributed by atoms with Crippen molar-refractivity contribution in [3.8, 4) is 0 Å². The third kappa shape index (κ3) is 3.57. The number of ether oxygens (including phenoxy) is 1. The zero-order chi connectivity index (χ0) is 22.9. The Morgan fingerprint density at radius 2 is 1.47 bits per heavy atom. The molecule has 0 aliphatic carbocycles. The first kappa shape index (κ1) is 21.4. The van der Waals surface area contributed by atoms with Gasteiger partial charge in [-0.15, -0.1) is 0 Å². The summed E-state index contributed by atoms with van der Waals surface area (Å²) in [5.74, 6) is -2.14. The van der Waals surface area contributed by atoms with Crippen LogP contribution in [0, 0.1) is 17.5 Å². The molecule has 4 rings (SSSR count). The van der Waals surface area contributed by atoms with Gasteiger partial charge in [0.2, 0.25) is 5.91 Å². The van der Waals surface area contributed by atoms with Gasteiger partial charge in [-0.2, -0.15) is 0 Å². The lowest BCUT2D eigenvalue weighted by Gasteiger charge is -2.36. The van der Waals surface area contributed by atoms with Crippen LogP contribution in [0.5, 0.6) is 0 Å². The second-order valence-corrected chi connectivity index (χ2v) is 7.34. The largest absolute Gasteiger partial charge is 0.430 e. The molecule has 3 aromatic rings. The first-order chi connectivity index (χ1) is 15.4. The van der Waals surface area contributed by atoms with Crippen LogP contribution in [0.15, 0.2) is 72.8 Å². The standard InChI is InChI=1S/C24H19F3N2O3/c1-28-21(30)14-29-22(19-4-2-3-5-20(19)27)24(32-23(29)31,15-6-10-17(25)11-7-15)16-8-12-18(26)13-9-16/h2-13,22H,14H2,1H3,(H,28,30). The normalized spacial score (nSPS) is 17.2. The van der Waals surface area contributed by atoms with E-state index in [4.69, 9.17) is 4.74 Å². The SMILES string of the molecule is CNC(=O)CN1C(=O)OC(c2ccc(F)cc2)(c2ccc(F)cc2)C1c1ccccc1F. The van der Waals surface area contributed by atoms with E-state index in [1.165, 1.54) is 73.8 Å². The van der Waals surface area contributed by atoms with Crippen LogP contribution in [0.2, 0.25) is 0 Å². The Labute approximate surface area is 182 Å². The summed E-state index contributed by atoms with van der Waals surface area (Å²) in [7, 11) is 1.41. The highest BCUT2D eigenvalue weighted by Crippen LogP contribution is 2.52. The molecule has 1 atom stereocenters. The van der Waals surface area contributed by atoms with Crippen LogP contribution in [0.1, 0.15) is 22.7 Å². The molecule has 1 fully saturated rings. The highest BCUT2D eigenvalue weighted by atomic mass is 19.1. The molecule has 1 heterocycles. The van der Waals surface area contributed by atoms with Crippen LogP contribution in [0.4, 0.5) is 18.0 Å². The van der Waals surface area contributed by atoms with Gasteiger partial charge in [-0.05, 0) is 30.3 Å². The number of nitrogens with one attached hydrogen (secondary N) is 1. The van der Waals surface area contributed by atoms with Gasteiger partial charge in [0.25, 0.3) is 0 Å². The fourth-order valence-corrected chi connectivity index (χ4v) is 4.05. The van der Waals surface area contributed by atoms with Crippen LogP contribution < -0.4 is 5.32 Å². The van der Waals surface area contributed by atoms with Crippen molar-refractivity contribution in [2.24, 2.45) is 0 Å². The number of hydrogen-bond acceptors (Lipinski definition) is 3. The summed E-state index contributed by atoms with van der Waals surface area (Å²) in [5.41, 5.74) is -0.900. The minimum absolute atomic E-state index is 0.0934. The second-order valence-electron chi connectivity index (χ2n) is 7.34. The lowest BCUT2D eigenvalue weighted by atomic mass is 9.77. The molecule has 0 aromatic heterocycles. The Kier molecular flexibility index (Phi) is 5.61. The average Bonchev–Trinajstić information content (AvgIpc) is 3.07. The quantitative estimate of drug-likeness (QED) is 0.644. The monoisotopic (exact) mass is 440 g/mol. The minimum atomic E-state index is -1.67. The highest BCUT2D eigenvalue weighted by Gasteiger charge is 2.58. The van der Waals surface area contributed by atoms with Crippen LogP contribution in [0.3, 0.4) is 0 Å². The number of benzene rings is 3. The number of hydrogen-bond donors (Lipinski definition) is 1. The maximum atomic E-state index is 15.1. The number of likely N-dealkylation sites (N-methyl/N-ethyl adjacent to an activating group) is 1. The Morgan fingerprint density at radius 3 is 1.97 bits per heavy atom. The molecule has 3 aromatic carbocycles. The zero-order valence-electron chi connectivity index (χ0n) is 17.0. The maximum Gasteiger partial charge on any atom is 0.412 e. The molecular formula is C24H19F3N2O3. The van der Waals surface area contributed by atoms with Crippen molar-refractivity contribution < 1.29 is 27.5 Å². The van der Waals surface area contributed by atoms with E-state index in [0.717, 1.165) is 4.90 Å². The van der Waals surface area contributed by atoms with Crippen LogP contribution in [-0.4, -0.2) is 30.5 Å². The van der Waals surface area contributed by atoms with Gasteiger partial charge in [0.15, 0.2) is 5.60 Å². The molecular weight excluding hydrogens is 421 g/mol. The molecule has 164 valence electrons. The Morgan fingerprint density at radius 1 is 0.938 bits per heavy atom. The molecule has 1 unspecified atom stereocenters. The van der Waals surface area contributed by atoms with E-state index in [0.29, 0.717) is 11.1 Å². The van der Waals surface area contributed by atoms with Gasteiger partial charge in [0.05, 0.1) is 0 Å². The molecule has 5 nitrogen and oxygen atoms in total. The van der Waals surface area contributed by atoms with E-state index in [1.54, 1.807) is 6.07 Å². The summed E-state index contributed by atoms with van der Waals surface area (Å²) in [6.45, 7) is -0.404. The summed E-state index contributed by atoms with van der Waals surface area (Å²) < 4.78 is 48.4. The molecule has 0 bridgehead atoms. The predicted molar refractivity (Wildman–Crippen MR) is 110 cm³/mol. The van der Waals surface area contributed by atoms with E-state index >= 15 is 4.39 Å². The molecule has 2 amide bonds. The zero-order valence-corrected chi connectivity index (χ0v) is 17.0. The minimum Gasteiger partial charge on any atom is -0.430 e. The van der Waals surface area contributed by atoms with Gasteiger partial charge in [-0.25, -0.2) is 18.0 Å². The summed E-state index contributed by atoms with van der Waals surface area (Å²) in [6.07, 6.45) is -0.865. The molecule has 0 saturated carbocycles. The third-order valence-electron chi connectivity index (χ3n) is 5.52. The topological polar surface area (TPSA) is 58.6 Å². The average molecular weight is 440 g/mol. The lowest BCUT2D eigenvalue weighted by Crippen LogP contribution is -2.42. The summed E-state index contributed by atoms with van der Waals surface area (Å²) >= 11 is 0. The van der Waals surface area contributed by atoms with Crippen molar-refractivity contribution in [3.63, 3.8) is 0 Å². The van der Waals surface area contributed by atoms with Crippen molar-refractivity contribution in [2.75, 3.05) is 13.6 Å². The lowest BCUT2D eigenvalue weighted by molar-refractivity contribution is -0.121. The molecule has 8 heteroatoms. The van der Waals surface area contributed by atoms with Crippen molar-refractivity contribution in [1.29, 1.82) is 0 Å². The van der Waals surface area contributed by atoms with Gasteiger partial charge >= 0.3 is 6.09 Å². The van der Waals surface area contributed by atoms with Crippen molar-refractivity contribution in [3.05, 3.63) is 107 Å². The van der Waals surface area contributed by atoms with E-state index < -0.39 is 47.6 Å². The third-order valence-corrected chi connectivity index (χ3v) is 5.52. The number of nitrogens with zero attached hydrogens (tertiary/aromatic N) is 1. The smallest absolute Gasteiger partial charge is 0.412 e. The van der Waals surface area contributed by atoms with Crippen LogP contribution in [0.25, 0.3) is 0 Å². The predicted octanol–water partition coefficient (Wildman–Crippen LogP) is 4.29. The maximum absolute atomic E-state index is 15.1. The van der Waals surface area contributed by atoms with E-state index in [-0.39, 0.29) is 5.56 Å². The second kappa shape index (κ2) is 8.37. The van der Waals surface area contributed by atoms with Gasteiger partial charge < -0.3 is 10.1 Å². The number of carbonyl (C=O) groups is 2. The molecule has 1 aliphatic heterocycles. The Hall–Kier alpha value is -3.81. The molecule has 1 N–H and O–H groups in total. The Bertz CT molecular complexity index is 1100. The molecule has 1 saturated heterocycles. The van der Waals surface area contributed by atoms with Gasteiger partial charge in [0, 0.05) is 23.7 Å². The molecule has 1 aliphatic rings. The van der Waals surface area contributed by atoms with Gasteiger partial charge in [0.1, 0.15) is 30.0 Å². The number of amides is 2. The number of carbonyl (C=O) groups excluding carboxylic acids is 2. The van der Waals surface area contributed by atoms with E-state index in [2.05, 4.69) is 5.32 Å². The number of halogens is 3. The fraction of sp³-hybridized carbons (Fsp3) is 0.167. The van der Waals surface area contributed by atoms with Crippen molar-refractivity contribution in [2.45, 2.75) is 11.6 Å². The summed E-state index contributed by atoms with van der Waals surface area (Å²) in [6, 6.07) is 15.1. The van der Waals surface area contributed by atoms with Gasteiger partial charge in [-0.3, -0.25) is 9.69 Å². The van der Waals surface area contributed by atoms with E-state index in [1.807, 2.05) is 0 Å². The van der Waals surface area contributed by atoms with Crippen LogP contribution in [-0.2, 0) is 15.1 Å².